The minimum Gasteiger partial charge on any atom is -0.482 e. The second-order valence-electron chi connectivity index (χ2n) is 3.45. The first-order valence-electron chi connectivity index (χ1n) is 5.45. The lowest BCUT2D eigenvalue weighted by Crippen LogP contribution is -2.16. The molecule has 2 aromatic rings. The van der Waals surface area contributed by atoms with E-state index in [1.54, 1.807) is 36.4 Å². The van der Waals surface area contributed by atoms with Gasteiger partial charge in [0.15, 0.2) is 12.4 Å². The van der Waals surface area contributed by atoms with Crippen LogP contribution >= 0.6 is 0 Å². The minimum absolute atomic E-state index is 0.198. The van der Waals surface area contributed by atoms with E-state index < -0.39 is 5.97 Å². The number of carbonyl (C=O) groups excluding carboxylic acids is 1. The van der Waals surface area contributed by atoms with Crippen LogP contribution in [0.1, 0.15) is 0 Å². The van der Waals surface area contributed by atoms with Crippen molar-refractivity contribution >= 4 is 5.97 Å². The molecule has 0 bridgehead atoms. The Morgan fingerprint density at radius 2 is 1.39 bits per heavy atom. The zero-order valence-electron chi connectivity index (χ0n) is 9.61. The molecule has 2 aromatic carbocycles. The molecule has 0 amide bonds. The van der Waals surface area contributed by atoms with E-state index in [-0.39, 0.29) is 6.61 Å². The molecule has 0 radical (unpaired) electrons. The lowest BCUT2D eigenvalue weighted by Gasteiger charge is -2.05. The maximum absolute atomic E-state index is 11.3. The van der Waals surface area contributed by atoms with Crippen LogP contribution in [0.25, 0.3) is 0 Å². The average Bonchev–Trinajstić information content (AvgIpc) is 2.45. The van der Waals surface area contributed by atoms with Crippen LogP contribution in [0.4, 0.5) is 0 Å². The summed E-state index contributed by atoms with van der Waals surface area (Å²) in [6.45, 7) is -0.198. The van der Waals surface area contributed by atoms with E-state index in [0.717, 1.165) is 0 Å². The zero-order chi connectivity index (χ0) is 12.6. The third-order valence-electron chi connectivity index (χ3n) is 2.07. The highest BCUT2D eigenvalue weighted by atomic mass is 17.2. The van der Waals surface area contributed by atoms with Crippen LogP contribution in [-0.4, -0.2) is 12.6 Å². The number of rotatable bonds is 5. The number of benzene rings is 2. The molecular weight excluding hydrogens is 232 g/mol. The van der Waals surface area contributed by atoms with Crippen molar-refractivity contribution in [1.29, 1.82) is 0 Å². The van der Waals surface area contributed by atoms with Gasteiger partial charge in [-0.1, -0.05) is 36.4 Å². The van der Waals surface area contributed by atoms with E-state index in [9.17, 15) is 4.79 Å². The van der Waals surface area contributed by atoms with Crippen LogP contribution in [0.5, 0.6) is 11.5 Å². The molecule has 0 saturated carbocycles. The molecule has 0 heterocycles. The number of ether oxygens (including phenoxy) is 1. The number of hydrogen-bond acceptors (Lipinski definition) is 4. The highest BCUT2D eigenvalue weighted by Gasteiger charge is 2.06. The van der Waals surface area contributed by atoms with Crippen molar-refractivity contribution in [1.82, 2.24) is 0 Å². The van der Waals surface area contributed by atoms with E-state index in [0.29, 0.717) is 11.5 Å². The minimum atomic E-state index is -0.595. The Hall–Kier alpha value is -2.49. The normalized spacial score (nSPS) is 9.56. The summed E-state index contributed by atoms with van der Waals surface area (Å²) < 4.78 is 5.20. The molecule has 0 aliphatic heterocycles. The van der Waals surface area contributed by atoms with E-state index in [1.807, 2.05) is 24.3 Å². The Morgan fingerprint density at radius 1 is 0.833 bits per heavy atom. The molecule has 18 heavy (non-hydrogen) atoms. The number of carbonyl (C=O) groups is 1. The Morgan fingerprint density at radius 3 is 2.00 bits per heavy atom. The molecule has 0 N–H and O–H groups in total. The third-order valence-corrected chi connectivity index (χ3v) is 2.07. The van der Waals surface area contributed by atoms with Crippen LogP contribution in [0, 0.1) is 0 Å². The van der Waals surface area contributed by atoms with Crippen molar-refractivity contribution in [2.45, 2.75) is 0 Å². The highest BCUT2D eigenvalue weighted by Crippen LogP contribution is 2.10. The Kier molecular flexibility index (Phi) is 4.19. The van der Waals surface area contributed by atoms with Crippen LogP contribution in [-0.2, 0) is 9.68 Å². The summed E-state index contributed by atoms with van der Waals surface area (Å²) in [5.74, 6) is 0.474. The first kappa shape index (κ1) is 12.0. The largest absolute Gasteiger partial charge is 0.482 e. The maximum atomic E-state index is 11.3. The smallest absolute Gasteiger partial charge is 0.392 e. The lowest BCUT2D eigenvalue weighted by molar-refractivity contribution is -0.215. The highest BCUT2D eigenvalue weighted by molar-refractivity contribution is 5.70. The number of para-hydroxylation sites is 2. The molecule has 2 rings (SSSR count). The molecule has 0 aliphatic rings. The Bertz CT molecular complexity index is 436. The van der Waals surface area contributed by atoms with Crippen molar-refractivity contribution < 1.29 is 19.3 Å². The van der Waals surface area contributed by atoms with Crippen molar-refractivity contribution in [2.24, 2.45) is 0 Å². The summed E-state index contributed by atoms with van der Waals surface area (Å²) in [5, 5.41) is 0. The van der Waals surface area contributed by atoms with Gasteiger partial charge in [0.1, 0.15) is 5.75 Å². The summed E-state index contributed by atoms with van der Waals surface area (Å²) in [4.78, 5) is 20.7. The molecule has 4 nitrogen and oxygen atoms in total. The summed E-state index contributed by atoms with van der Waals surface area (Å²) in [6, 6.07) is 17.8. The Labute approximate surface area is 105 Å². The average molecular weight is 244 g/mol. The quantitative estimate of drug-likeness (QED) is 0.599. The van der Waals surface area contributed by atoms with Gasteiger partial charge < -0.3 is 4.74 Å². The van der Waals surface area contributed by atoms with Crippen molar-refractivity contribution in [3.8, 4) is 11.5 Å². The zero-order valence-corrected chi connectivity index (χ0v) is 9.61. The van der Waals surface area contributed by atoms with Gasteiger partial charge in [0.25, 0.3) is 0 Å². The van der Waals surface area contributed by atoms with Gasteiger partial charge in [0.2, 0.25) is 0 Å². The summed E-state index contributed by atoms with van der Waals surface area (Å²) >= 11 is 0. The first-order chi connectivity index (χ1) is 8.84. The second kappa shape index (κ2) is 6.30. The van der Waals surface area contributed by atoms with E-state index in [2.05, 4.69) is 4.89 Å². The van der Waals surface area contributed by atoms with Gasteiger partial charge in [-0.2, -0.15) is 0 Å². The molecule has 0 saturated heterocycles. The van der Waals surface area contributed by atoms with Crippen molar-refractivity contribution in [3.05, 3.63) is 60.7 Å². The van der Waals surface area contributed by atoms with Crippen LogP contribution in [0.2, 0.25) is 0 Å². The van der Waals surface area contributed by atoms with Crippen molar-refractivity contribution in [2.75, 3.05) is 6.61 Å². The van der Waals surface area contributed by atoms with E-state index >= 15 is 0 Å². The van der Waals surface area contributed by atoms with Gasteiger partial charge in [-0.3, -0.25) is 4.89 Å². The summed E-state index contributed by atoms with van der Waals surface area (Å²) in [6.07, 6.45) is 0. The first-order valence-corrected chi connectivity index (χ1v) is 5.45. The number of hydrogen-bond donors (Lipinski definition) is 0. The fourth-order valence-corrected chi connectivity index (χ4v) is 1.25. The standard InChI is InChI=1S/C14H12O4/c15-14(11-16-12-7-3-1-4-8-12)18-17-13-9-5-2-6-10-13/h1-10H,11H2. The molecule has 0 aliphatic carbocycles. The van der Waals surface area contributed by atoms with Crippen molar-refractivity contribution in [3.63, 3.8) is 0 Å². The Balaban J connectivity index is 1.73. The maximum Gasteiger partial charge on any atom is 0.392 e. The van der Waals surface area contributed by atoms with Gasteiger partial charge >= 0.3 is 5.97 Å². The molecule has 0 spiro atoms. The van der Waals surface area contributed by atoms with Gasteiger partial charge in [-0.05, 0) is 24.3 Å². The molecular formula is C14H12O4. The third kappa shape index (κ3) is 3.83. The van der Waals surface area contributed by atoms with E-state index in [4.69, 9.17) is 9.62 Å². The summed E-state index contributed by atoms with van der Waals surface area (Å²) in [5.41, 5.74) is 0. The van der Waals surface area contributed by atoms with Crippen LogP contribution in [0.15, 0.2) is 60.7 Å². The second-order valence-corrected chi connectivity index (χ2v) is 3.45. The molecule has 0 atom stereocenters. The van der Waals surface area contributed by atoms with Crippen LogP contribution < -0.4 is 9.62 Å². The molecule has 0 fully saturated rings. The molecule has 92 valence electrons. The van der Waals surface area contributed by atoms with Crippen LogP contribution in [0.3, 0.4) is 0 Å². The fraction of sp³-hybridized carbons (Fsp3) is 0.0714. The predicted octanol–water partition coefficient (Wildman–Crippen LogP) is 2.60. The van der Waals surface area contributed by atoms with Gasteiger partial charge in [-0.25, -0.2) is 9.68 Å². The summed E-state index contributed by atoms with van der Waals surface area (Å²) in [7, 11) is 0. The fourth-order valence-electron chi connectivity index (χ4n) is 1.25. The van der Waals surface area contributed by atoms with Gasteiger partial charge in [0.05, 0.1) is 0 Å². The topological polar surface area (TPSA) is 44.8 Å². The van der Waals surface area contributed by atoms with Gasteiger partial charge in [0, 0.05) is 0 Å². The lowest BCUT2D eigenvalue weighted by atomic mass is 10.3. The monoisotopic (exact) mass is 244 g/mol. The van der Waals surface area contributed by atoms with Gasteiger partial charge in [-0.15, -0.1) is 0 Å². The predicted molar refractivity (Wildman–Crippen MR) is 65.1 cm³/mol. The van der Waals surface area contributed by atoms with E-state index in [1.165, 1.54) is 0 Å². The molecule has 0 unspecified atom stereocenters. The SMILES string of the molecule is O=C(COc1ccccc1)OOc1ccccc1. The molecule has 0 aromatic heterocycles. The molecule has 4 heteroatoms.